The Kier molecular flexibility index (Phi) is 4.79. The predicted octanol–water partition coefficient (Wildman–Crippen LogP) is 3.84. The molecular weight excluding hydrogens is 431 g/mol. The van der Waals surface area contributed by atoms with Crippen molar-refractivity contribution in [3.63, 3.8) is 0 Å². The second-order valence-electron chi connectivity index (χ2n) is 7.24. The van der Waals surface area contributed by atoms with Gasteiger partial charge < -0.3 is 10.1 Å². The number of carbonyl (C=O) groups excluding carboxylic acids is 2. The predicted molar refractivity (Wildman–Crippen MR) is 119 cm³/mol. The van der Waals surface area contributed by atoms with Crippen LogP contribution in [0.2, 0.25) is 0 Å². The molecule has 2 unspecified atom stereocenters. The van der Waals surface area contributed by atoms with Crippen molar-refractivity contribution in [2.75, 3.05) is 12.0 Å². The van der Waals surface area contributed by atoms with Gasteiger partial charge in [0.1, 0.15) is 5.25 Å². The minimum Gasteiger partial charge on any atom is -0.494 e. The quantitative estimate of drug-likeness (QED) is 0.657. The Morgan fingerprint density at radius 3 is 2.84 bits per heavy atom. The molecule has 1 saturated heterocycles. The zero-order valence-electron chi connectivity index (χ0n) is 16.7. The van der Waals surface area contributed by atoms with Gasteiger partial charge in [-0.2, -0.15) is 5.26 Å². The van der Waals surface area contributed by atoms with E-state index in [0.29, 0.717) is 16.2 Å². The van der Waals surface area contributed by atoms with Crippen molar-refractivity contribution in [2.24, 2.45) is 0 Å². The molecule has 0 spiro atoms. The van der Waals surface area contributed by atoms with Crippen LogP contribution in [0.1, 0.15) is 11.1 Å². The van der Waals surface area contributed by atoms with Crippen LogP contribution in [0.15, 0.2) is 54.9 Å². The van der Waals surface area contributed by atoms with E-state index in [4.69, 9.17) is 4.74 Å². The van der Waals surface area contributed by atoms with Crippen molar-refractivity contribution in [2.45, 2.75) is 11.3 Å². The molecule has 2 aromatic carbocycles. The molecule has 2 aliphatic rings. The van der Waals surface area contributed by atoms with E-state index in [0.717, 1.165) is 21.7 Å². The van der Waals surface area contributed by atoms with Gasteiger partial charge in [0.25, 0.3) is 5.91 Å². The smallest absolute Gasteiger partial charge is 0.329 e. The fourth-order valence-corrected chi connectivity index (χ4v) is 5.22. The third-order valence-electron chi connectivity index (χ3n) is 5.43. The summed E-state index contributed by atoms with van der Waals surface area (Å²) in [5.74, 6) is -1.04. The number of anilines is 1. The number of urea groups is 1. The number of nitriles is 1. The number of benzene rings is 2. The van der Waals surface area contributed by atoms with Crippen LogP contribution in [0.3, 0.4) is 0 Å². The number of halogens is 1. The highest BCUT2D eigenvalue weighted by Gasteiger charge is 2.46. The number of carbonyl (C=O) groups is 2. The van der Waals surface area contributed by atoms with Crippen LogP contribution in [0, 0.1) is 17.1 Å². The van der Waals surface area contributed by atoms with Gasteiger partial charge in [-0.3, -0.25) is 9.78 Å². The maximum atomic E-state index is 14.1. The topological polar surface area (TPSA) is 95.3 Å². The third-order valence-corrected chi connectivity index (χ3v) is 6.79. The Bertz CT molecular complexity index is 1360. The highest BCUT2D eigenvalue weighted by atomic mass is 32.2. The lowest BCUT2D eigenvalue weighted by Crippen LogP contribution is -2.60. The number of nitrogens with zero attached hydrogens (tertiary/aromatic N) is 3. The molecule has 3 amide bonds. The minimum absolute atomic E-state index is 0.00538. The molecule has 1 fully saturated rings. The number of aromatic nitrogens is 1. The number of pyridine rings is 1. The van der Waals surface area contributed by atoms with Gasteiger partial charge in [0.05, 0.1) is 36.7 Å². The average Bonchev–Trinajstić information content (AvgIpc) is 3.23. The first-order valence-corrected chi connectivity index (χ1v) is 10.5. The Hall–Kier alpha value is -3.90. The maximum absolute atomic E-state index is 14.1. The fraction of sp³-hybridized carbons (Fsp3) is 0.130. The molecule has 5 rings (SSSR count). The largest absolute Gasteiger partial charge is 0.494 e. The zero-order valence-corrected chi connectivity index (χ0v) is 17.5. The summed E-state index contributed by atoms with van der Waals surface area (Å²) in [7, 11) is 1.34. The molecule has 0 radical (unpaired) electrons. The number of imide groups is 1. The van der Waals surface area contributed by atoms with Gasteiger partial charge in [0.2, 0.25) is 0 Å². The van der Waals surface area contributed by atoms with Gasteiger partial charge in [-0.1, -0.05) is 24.3 Å². The van der Waals surface area contributed by atoms with Crippen molar-refractivity contribution in [3.8, 4) is 11.8 Å². The molecule has 7 nitrogen and oxygen atoms in total. The van der Waals surface area contributed by atoms with Crippen molar-refractivity contribution in [3.05, 3.63) is 71.8 Å². The van der Waals surface area contributed by atoms with Crippen LogP contribution in [-0.2, 0) is 4.79 Å². The minimum atomic E-state index is -0.646. The second kappa shape index (κ2) is 7.66. The molecule has 2 aliphatic heterocycles. The maximum Gasteiger partial charge on any atom is 0.329 e. The van der Waals surface area contributed by atoms with Gasteiger partial charge in [-0.25, -0.2) is 14.1 Å². The van der Waals surface area contributed by atoms with Crippen molar-refractivity contribution in [1.82, 2.24) is 10.3 Å². The number of hydrogen-bond donors (Lipinski definition) is 1. The molecule has 32 heavy (non-hydrogen) atoms. The number of hydrogen-bond acceptors (Lipinski definition) is 6. The van der Waals surface area contributed by atoms with Gasteiger partial charge in [0, 0.05) is 27.4 Å². The summed E-state index contributed by atoms with van der Waals surface area (Å²) in [5, 5.41) is 13.2. The molecule has 3 aromatic rings. The normalized spacial score (nSPS) is 19.9. The summed E-state index contributed by atoms with van der Waals surface area (Å²) in [4.78, 5) is 32.2. The molecule has 0 saturated carbocycles. The molecule has 158 valence electrons. The highest BCUT2D eigenvalue weighted by molar-refractivity contribution is 8.09. The Morgan fingerprint density at radius 2 is 2.06 bits per heavy atom. The lowest BCUT2D eigenvalue weighted by Gasteiger charge is -2.33. The first-order valence-electron chi connectivity index (χ1n) is 9.65. The van der Waals surface area contributed by atoms with Crippen LogP contribution in [-0.4, -0.2) is 35.3 Å². The second-order valence-corrected chi connectivity index (χ2v) is 8.43. The first-order chi connectivity index (χ1) is 15.5. The summed E-state index contributed by atoms with van der Waals surface area (Å²) in [6.45, 7) is 0. The molecule has 1 aromatic heterocycles. The number of ether oxygens (including phenoxy) is 1. The zero-order chi connectivity index (χ0) is 22.4. The molecular formula is C23H15FN4O3S. The fourth-order valence-electron chi connectivity index (χ4n) is 3.92. The molecule has 0 aliphatic carbocycles. The van der Waals surface area contributed by atoms with Gasteiger partial charge >= 0.3 is 6.03 Å². The van der Waals surface area contributed by atoms with E-state index in [1.807, 2.05) is 30.3 Å². The van der Waals surface area contributed by atoms with Crippen molar-refractivity contribution < 1.29 is 18.7 Å². The summed E-state index contributed by atoms with van der Waals surface area (Å²) >= 11 is 1.22. The van der Waals surface area contributed by atoms with Crippen molar-refractivity contribution in [1.29, 1.82) is 5.26 Å². The van der Waals surface area contributed by atoms with Crippen LogP contribution in [0.4, 0.5) is 14.9 Å². The standard InChI is InChI=1S/C23H15FN4O3S/c1-31-19-7-15(13(9-25)6-16(19)24)20-8-17-21(32-20)22(29)28(23(30)27-17)18-11-26-10-12-4-2-3-5-14(12)18/h2-8,10-11,17,21H,1H3,(H,27,30). The molecule has 0 bridgehead atoms. The monoisotopic (exact) mass is 446 g/mol. The van der Waals surface area contributed by atoms with Gasteiger partial charge in [-0.05, 0) is 18.2 Å². The van der Waals surface area contributed by atoms with E-state index in [-0.39, 0.29) is 17.2 Å². The van der Waals surface area contributed by atoms with Crippen LogP contribution < -0.4 is 15.0 Å². The van der Waals surface area contributed by atoms with Crippen LogP contribution in [0.5, 0.6) is 5.75 Å². The van der Waals surface area contributed by atoms with E-state index in [2.05, 4.69) is 10.3 Å². The lowest BCUT2D eigenvalue weighted by atomic mass is 10.0. The molecule has 9 heteroatoms. The Balaban J connectivity index is 1.52. The SMILES string of the molecule is COc1cc(C2=CC3NC(=O)N(c4cncc5ccccc45)C(=O)C3S2)c(C#N)cc1F. The first kappa shape index (κ1) is 20.0. The summed E-state index contributed by atoms with van der Waals surface area (Å²) in [5.41, 5.74) is 0.972. The van der Waals surface area contributed by atoms with Gasteiger partial charge in [0.15, 0.2) is 11.6 Å². The average molecular weight is 446 g/mol. The van der Waals surface area contributed by atoms with E-state index < -0.39 is 23.1 Å². The van der Waals surface area contributed by atoms with Crippen LogP contribution >= 0.6 is 11.8 Å². The lowest BCUT2D eigenvalue weighted by molar-refractivity contribution is -0.118. The third kappa shape index (κ3) is 3.08. The molecule has 3 heterocycles. The number of nitrogens with one attached hydrogen (secondary N) is 1. The number of methoxy groups -OCH3 is 1. The molecule has 1 N–H and O–H groups in total. The number of amides is 3. The van der Waals surface area contributed by atoms with E-state index in [1.165, 1.54) is 31.1 Å². The van der Waals surface area contributed by atoms with E-state index in [1.54, 1.807) is 12.3 Å². The molecule has 2 atom stereocenters. The highest BCUT2D eigenvalue weighted by Crippen LogP contribution is 2.44. The van der Waals surface area contributed by atoms with Crippen molar-refractivity contribution >= 4 is 45.1 Å². The van der Waals surface area contributed by atoms with Crippen LogP contribution in [0.25, 0.3) is 15.7 Å². The summed E-state index contributed by atoms with van der Waals surface area (Å²) in [6, 6.07) is 10.8. The van der Waals surface area contributed by atoms with E-state index >= 15 is 0 Å². The van der Waals surface area contributed by atoms with E-state index in [9.17, 15) is 19.2 Å². The van der Waals surface area contributed by atoms with Gasteiger partial charge in [-0.15, -0.1) is 11.8 Å². The Morgan fingerprint density at radius 1 is 1.25 bits per heavy atom. The number of thioether (sulfide) groups is 1. The number of rotatable bonds is 3. The summed E-state index contributed by atoms with van der Waals surface area (Å²) < 4.78 is 19.1. The number of fused-ring (bicyclic) bond motifs is 2. The Labute approximate surface area is 186 Å². The summed E-state index contributed by atoms with van der Waals surface area (Å²) in [6.07, 6.45) is 4.88.